The predicted octanol–water partition coefficient (Wildman–Crippen LogP) is 0.731. The number of methoxy groups -OCH3 is 1. The minimum Gasteiger partial charge on any atom is -0.380 e. The predicted molar refractivity (Wildman–Crippen MR) is 77.0 cm³/mol. The lowest BCUT2D eigenvalue weighted by atomic mass is 9.94. The highest BCUT2D eigenvalue weighted by molar-refractivity contribution is 5.84. The molecule has 1 fully saturated rings. The molecule has 2 unspecified atom stereocenters. The van der Waals surface area contributed by atoms with Gasteiger partial charge in [0.15, 0.2) is 0 Å². The van der Waals surface area contributed by atoms with Gasteiger partial charge in [0.25, 0.3) is 0 Å². The number of likely N-dealkylation sites (N-methyl/N-ethyl adjacent to an activating group) is 1. The fourth-order valence-electron chi connectivity index (χ4n) is 2.70. The molecule has 5 nitrogen and oxygen atoms in total. The zero-order valence-corrected chi connectivity index (χ0v) is 12.6. The second-order valence-corrected chi connectivity index (χ2v) is 5.63. The second-order valence-electron chi connectivity index (χ2n) is 5.63. The number of unbranched alkanes of at least 4 members (excludes halogenated alkanes) is 1. The Morgan fingerprint density at radius 2 is 2.26 bits per heavy atom. The first kappa shape index (κ1) is 16.4. The maximum Gasteiger partial charge on any atom is 0.237 e. The first-order chi connectivity index (χ1) is 9.01. The van der Waals surface area contributed by atoms with Crippen molar-refractivity contribution in [2.75, 3.05) is 33.3 Å². The lowest BCUT2D eigenvalue weighted by Gasteiger charge is -2.27. The van der Waals surface area contributed by atoms with Gasteiger partial charge in [-0.25, -0.2) is 0 Å². The number of carbonyl (C=O) groups excluding carboxylic acids is 1. The molecule has 1 heterocycles. The van der Waals surface area contributed by atoms with Gasteiger partial charge in [-0.2, -0.15) is 0 Å². The van der Waals surface area contributed by atoms with E-state index in [1.54, 1.807) is 7.11 Å². The zero-order valence-electron chi connectivity index (χ0n) is 12.6. The van der Waals surface area contributed by atoms with Crippen molar-refractivity contribution in [3.05, 3.63) is 0 Å². The Bertz CT molecular complexity index is 286. The van der Waals surface area contributed by atoms with Crippen LogP contribution >= 0.6 is 0 Å². The summed E-state index contributed by atoms with van der Waals surface area (Å²) in [5.41, 5.74) is 4.91. The molecule has 0 aliphatic carbocycles. The van der Waals surface area contributed by atoms with Crippen LogP contribution in [0.5, 0.6) is 0 Å². The van der Waals surface area contributed by atoms with E-state index in [1.807, 2.05) is 13.8 Å². The van der Waals surface area contributed by atoms with Crippen LogP contribution in [0.4, 0.5) is 0 Å². The molecular weight excluding hydrogens is 242 g/mol. The molecule has 0 spiro atoms. The van der Waals surface area contributed by atoms with E-state index in [1.165, 1.54) is 0 Å². The molecule has 112 valence electrons. The number of nitrogens with one attached hydrogen (secondary N) is 1. The van der Waals surface area contributed by atoms with Crippen LogP contribution in [0.25, 0.3) is 0 Å². The Kier molecular flexibility index (Phi) is 6.75. The van der Waals surface area contributed by atoms with Crippen molar-refractivity contribution in [2.24, 2.45) is 5.73 Å². The van der Waals surface area contributed by atoms with Gasteiger partial charge in [-0.15, -0.1) is 0 Å². The van der Waals surface area contributed by atoms with Crippen molar-refractivity contribution >= 4 is 5.91 Å². The van der Waals surface area contributed by atoms with E-state index in [0.29, 0.717) is 6.10 Å². The molecule has 3 N–H and O–H groups in total. The van der Waals surface area contributed by atoms with Crippen LogP contribution in [-0.2, 0) is 9.53 Å². The summed E-state index contributed by atoms with van der Waals surface area (Å²) in [4.78, 5) is 13.9. The molecule has 2 atom stereocenters. The normalized spacial score (nSPS) is 23.4. The van der Waals surface area contributed by atoms with Crippen molar-refractivity contribution in [3.8, 4) is 0 Å². The molecule has 0 aromatic heterocycles. The average molecular weight is 271 g/mol. The van der Waals surface area contributed by atoms with E-state index >= 15 is 0 Å². The number of carbonyl (C=O) groups is 1. The molecule has 0 saturated carbocycles. The van der Waals surface area contributed by atoms with E-state index in [0.717, 1.165) is 51.9 Å². The summed E-state index contributed by atoms with van der Waals surface area (Å²) in [7, 11) is 1.78. The Balaban J connectivity index is 2.21. The van der Waals surface area contributed by atoms with E-state index in [9.17, 15) is 4.79 Å². The van der Waals surface area contributed by atoms with Gasteiger partial charge in [0, 0.05) is 20.2 Å². The van der Waals surface area contributed by atoms with Crippen LogP contribution in [0.2, 0.25) is 0 Å². The van der Waals surface area contributed by atoms with E-state index < -0.39 is 5.54 Å². The van der Waals surface area contributed by atoms with Crippen LogP contribution in [0.1, 0.15) is 39.5 Å². The SMILES string of the molecule is CCNC(C)(CCCCN1CCC(OC)C1)C(N)=O. The summed E-state index contributed by atoms with van der Waals surface area (Å²) >= 11 is 0. The zero-order chi connectivity index (χ0) is 14.3. The summed E-state index contributed by atoms with van der Waals surface area (Å²) in [5, 5.41) is 3.19. The van der Waals surface area contributed by atoms with Crippen LogP contribution in [-0.4, -0.2) is 55.7 Å². The van der Waals surface area contributed by atoms with Crippen LogP contribution in [0.3, 0.4) is 0 Å². The third kappa shape index (κ3) is 5.09. The van der Waals surface area contributed by atoms with Gasteiger partial charge < -0.3 is 20.7 Å². The molecule has 5 heteroatoms. The number of rotatable bonds is 9. The third-order valence-electron chi connectivity index (χ3n) is 4.07. The van der Waals surface area contributed by atoms with Gasteiger partial charge >= 0.3 is 0 Å². The molecule has 1 amide bonds. The fraction of sp³-hybridized carbons (Fsp3) is 0.929. The molecule has 0 aromatic carbocycles. The maximum atomic E-state index is 11.5. The van der Waals surface area contributed by atoms with Gasteiger partial charge in [-0.05, 0) is 45.7 Å². The molecule has 1 aliphatic rings. The minimum absolute atomic E-state index is 0.255. The molecule has 0 radical (unpaired) electrons. The lowest BCUT2D eigenvalue weighted by molar-refractivity contribution is -0.124. The maximum absolute atomic E-state index is 11.5. The number of nitrogens with two attached hydrogens (primary N) is 1. The van der Waals surface area contributed by atoms with Crippen molar-refractivity contribution in [2.45, 2.75) is 51.2 Å². The molecule has 1 saturated heterocycles. The minimum atomic E-state index is -0.561. The summed E-state index contributed by atoms with van der Waals surface area (Å²) in [6.45, 7) is 7.91. The topological polar surface area (TPSA) is 67.6 Å². The summed E-state index contributed by atoms with van der Waals surface area (Å²) in [5.74, 6) is -0.255. The fourth-order valence-corrected chi connectivity index (χ4v) is 2.70. The van der Waals surface area contributed by atoms with Gasteiger partial charge in [0.2, 0.25) is 5.91 Å². The Morgan fingerprint density at radius 3 is 2.79 bits per heavy atom. The lowest BCUT2D eigenvalue weighted by Crippen LogP contribution is -2.53. The first-order valence-electron chi connectivity index (χ1n) is 7.32. The number of hydrogen-bond donors (Lipinski definition) is 2. The largest absolute Gasteiger partial charge is 0.380 e. The summed E-state index contributed by atoms with van der Waals surface area (Å²) in [6.07, 6.45) is 4.45. The molecule has 19 heavy (non-hydrogen) atoms. The molecule has 0 aromatic rings. The first-order valence-corrected chi connectivity index (χ1v) is 7.32. The van der Waals surface area contributed by atoms with Crippen molar-refractivity contribution < 1.29 is 9.53 Å². The number of nitrogens with zero attached hydrogens (tertiary/aromatic N) is 1. The number of amides is 1. The molecule has 0 bridgehead atoms. The number of likely N-dealkylation sites (tertiary alicyclic amines) is 1. The van der Waals surface area contributed by atoms with Crippen molar-refractivity contribution in [1.29, 1.82) is 0 Å². The Hall–Kier alpha value is -0.650. The van der Waals surface area contributed by atoms with Crippen molar-refractivity contribution in [3.63, 3.8) is 0 Å². The quantitative estimate of drug-likeness (QED) is 0.607. The highest BCUT2D eigenvalue weighted by atomic mass is 16.5. The van der Waals surface area contributed by atoms with Gasteiger partial charge in [0.05, 0.1) is 11.6 Å². The Labute approximate surface area is 116 Å². The number of primary amides is 1. The van der Waals surface area contributed by atoms with Gasteiger partial charge in [-0.3, -0.25) is 4.79 Å². The number of hydrogen-bond acceptors (Lipinski definition) is 4. The molecular formula is C14H29N3O2. The van der Waals surface area contributed by atoms with Crippen LogP contribution in [0.15, 0.2) is 0 Å². The smallest absolute Gasteiger partial charge is 0.237 e. The second kappa shape index (κ2) is 7.82. The van der Waals surface area contributed by atoms with E-state index in [-0.39, 0.29) is 5.91 Å². The highest BCUT2D eigenvalue weighted by Gasteiger charge is 2.29. The van der Waals surface area contributed by atoms with E-state index in [2.05, 4.69) is 10.2 Å². The van der Waals surface area contributed by atoms with E-state index in [4.69, 9.17) is 10.5 Å². The molecule has 1 aliphatic heterocycles. The van der Waals surface area contributed by atoms with Crippen LogP contribution < -0.4 is 11.1 Å². The van der Waals surface area contributed by atoms with Gasteiger partial charge in [0.1, 0.15) is 0 Å². The molecule has 1 rings (SSSR count). The Morgan fingerprint density at radius 1 is 1.53 bits per heavy atom. The monoisotopic (exact) mass is 271 g/mol. The van der Waals surface area contributed by atoms with Crippen LogP contribution in [0, 0.1) is 0 Å². The van der Waals surface area contributed by atoms with Crippen molar-refractivity contribution in [1.82, 2.24) is 10.2 Å². The highest BCUT2D eigenvalue weighted by Crippen LogP contribution is 2.16. The number of ether oxygens (including phenoxy) is 1. The average Bonchev–Trinajstić information content (AvgIpc) is 2.83. The van der Waals surface area contributed by atoms with Gasteiger partial charge in [-0.1, -0.05) is 6.92 Å². The third-order valence-corrected chi connectivity index (χ3v) is 4.07. The summed E-state index contributed by atoms with van der Waals surface area (Å²) < 4.78 is 5.35. The standard InChI is InChI=1S/C14H29N3O2/c1-4-16-14(2,13(15)18)8-5-6-9-17-10-7-12(11-17)19-3/h12,16H,4-11H2,1-3H3,(H2,15,18). The summed E-state index contributed by atoms with van der Waals surface area (Å²) in [6, 6.07) is 0.